The molecule has 0 saturated heterocycles. The first kappa shape index (κ1) is 80.5. The quantitative estimate of drug-likeness (QED) is 0.111. The zero-order valence-electron chi connectivity index (χ0n) is 76.1. The summed E-state index contributed by atoms with van der Waals surface area (Å²) in [6.45, 7) is 0. The molecule has 141 heavy (non-hydrogen) atoms. The van der Waals surface area contributed by atoms with E-state index in [-0.39, 0.29) is 0 Å². The van der Waals surface area contributed by atoms with Crippen LogP contribution in [0.15, 0.2) is 518 Å². The van der Waals surface area contributed by atoms with Gasteiger partial charge in [0.05, 0.1) is 0 Å². The van der Waals surface area contributed by atoms with Gasteiger partial charge in [0, 0.05) is 138 Å². The van der Waals surface area contributed by atoms with Crippen LogP contribution in [0.2, 0.25) is 0 Å². The molecule has 660 valence electrons. The third kappa shape index (κ3) is 13.8. The summed E-state index contributed by atoms with van der Waals surface area (Å²) in [5.41, 5.74) is 27.6. The van der Waals surface area contributed by atoms with Gasteiger partial charge in [-0.3, -0.25) is 0 Å². The van der Waals surface area contributed by atoms with E-state index in [0.29, 0.717) is 0 Å². The topological polar surface area (TPSA) is 88.6 Å². The standard InChI is InChI=1S/3C44H27NO2/c1-2-10-32(11-3-1)45(34-22-23-36-35-13-4-6-15-39(35)47-42(36)27-34)33-12-8-9-30(25-33)31-20-18-28-17-19-29-21-24-41-44(43(29)38(28)26-31)37-14-5-7-16-40(37)46-41;1-2-10-32(11-3-1)45(34-22-24-41-38(27-34)35-13-4-6-15-39(35)46-41)33-12-8-9-30(25-33)31-20-18-28-17-19-29-21-23-42-44(43(29)37(28)26-31)36-14-5-7-16-40(36)47-42;1-2-8-32(9-3-1)45(34-23-25-41-38(27-34)35-10-4-6-12-39(35)46-41)33-21-18-28(19-22-33)31-17-15-29-14-16-30-20-24-42-44(43(30)37(29)26-31)36-11-5-7-13-40(36)47-42/h3*1-27H. The van der Waals surface area contributed by atoms with E-state index in [2.05, 4.69) is 439 Å². The molecular weight excluding hydrogens is 1720 g/mol. The summed E-state index contributed by atoms with van der Waals surface area (Å²) in [5.74, 6) is 0. The molecule has 6 aromatic heterocycles. The fraction of sp³-hybridized carbons (Fsp3) is 0. The van der Waals surface area contributed by atoms with Crippen molar-refractivity contribution in [2.75, 3.05) is 14.7 Å². The number of fused-ring (bicyclic) bond motifs is 30. The summed E-state index contributed by atoms with van der Waals surface area (Å²) in [7, 11) is 0. The van der Waals surface area contributed by atoms with Crippen LogP contribution in [0.3, 0.4) is 0 Å². The highest BCUT2D eigenvalue weighted by Crippen LogP contribution is 2.49. The molecular formula is C132H81N3O6. The van der Waals surface area contributed by atoms with Crippen molar-refractivity contribution in [2.24, 2.45) is 0 Å². The minimum Gasteiger partial charge on any atom is -0.456 e. The molecule has 0 spiro atoms. The van der Waals surface area contributed by atoms with Gasteiger partial charge in [-0.1, -0.05) is 291 Å². The summed E-state index contributed by atoms with van der Waals surface area (Å²) in [4.78, 5) is 6.93. The number of para-hydroxylation sites is 9. The molecule has 0 saturated carbocycles. The van der Waals surface area contributed by atoms with Crippen molar-refractivity contribution >= 4 is 247 Å². The van der Waals surface area contributed by atoms with Crippen molar-refractivity contribution < 1.29 is 26.5 Å². The largest absolute Gasteiger partial charge is 0.456 e. The molecule has 0 bridgehead atoms. The molecule has 30 rings (SSSR count). The first-order chi connectivity index (χ1) is 69.8. The van der Waals surface area contributed by atoms with Crippen molar-refractivity contribution in [3.63, 3.8) is 0 Å². The Morgan fingerprint density at radius 1 is 0.106 bits per heavy atom. The van der Waals surface area contributed by atoms with Gasteiger partial charge in [0.15, 0.2) is 0 Å². The van der Waals surface area contributed by atoms with Crippen molar-refractivity contribution in [2.45, 2.75) is 0 Å². The average molecular weight is 1810 g/mol. The fourth-order valence-electron chi connectivity index (χ4n) is 21.7. The number of hydrogen-bond acceptors (Lipinski definition) is 9. The lowest BCUT2D eigenvalue weighted by atomic mass is 9.94. The highest BCUT2D eigenvalue weighted by molar-refractivity contribution is 6.30. The van der Waals surface area contributed by atoms with Gasteiger partial charge >= 0.3 is 0 Å². The Labute approximate surface area is 807 Å². The third-order valence-corrected chi connectivity index (χ3v) is 28.3. The first-order valence-corrected chi connectivity index (χ1v) is 47.8. The zero-order chi connectivity index (χ0) is 92.7. The summed E-state index contributed by atoms with van der Waals surface area (Å²) in [6, 6.07) is 174. The molecule has 0 amide bonds. The number of hydrogen-bond donors (Lipinski definition) is 0. The normalized spacial score (nSPS) is 11.8. The Kier molecular flexibility index (Phi) is 18.8. The second-order valence-corrected chi connectivity index (χ2v) is 36.4. The predicted molar refractivity (Wildman–Crippen MR) is 588 cm³/mol. The number of rotatable bonds is 12. The molecule has 0 aliphatic rings. The van der Waals surface area contributed by atoms with Crippen molar-refractivity contribution in [3.8, 4) is 33.4 Å². The lowest BCUT2D eigenvalue weighted by Gasteiger charge is -2.26. The van der Waals surface area contributed by atoms with E-state index in [1.165, 1.54) is 97.5 Å². The van der Waals surface area contributed by atoms with Gasteiger partial charge in [0.25, 0.3) is 0 Å². The van der Waals surface area contributed by atoms with E-state index >= 15 is 0 Å². The molecule has 0 radical (unpaired) electrons. The molecule has 9 heteroatoms. The Hall–Kier alpha value is -19.0. The van der Waals surface area contributed by atoms with Gasteiger partial charge < -0.3 is 41.2 Å². The highest BCUT2D eigenvalue weighted by Gasteiger charge is 2.25. The van der Waals surface area contributed by atoms with Crippen molar-refractivity contribution in [1.29, 1.82) is 0 Å². The monoisotopic (exact) mass is 1800 g/mol. The van der Waals surface area contributed by atoms with Crippen LogP contribution in [0, 0.1) is 0 Å². The Morgan fingerprint density at radius 3 is 0.738 bits per heavy atom. The highest BCUT2D eigenvalue weighted by atomic mass is 16.3. The first-order valence-electron chi connectivity index (χ1n) is 47.8. The molecule has 30 aromatic rings. The van der Waals surface area contributed by atoms with Crippen molar-refractivity contribution in [1.82, 2.24) is 0 Å². The van der Waals surface area contributed by atoms with Crippen LogP contribution in [0.25, 0.3) is 230 Å². The Balaban J connectivity index is 0.000000104. The van der Waals surface area contributed by atoms with Crippen LogP contribution in [0.4, 0.5) is 51.2 Å². The van der Waals surface area contributed by atoms with Crippen LogP contribution in [-0.2, 0) is 0 Å². The second-order valence-electron chi connectivity index (χ2n) is 36.4. The molecule has 0 N–H and O–H groups in total. The van der Waals surface area contributed by atoms with Crippen LogP contribution in [-0.4, -0.2) is 0 Å². The summed E-state index contributed by atoms with van der Waals surface area (Å²) in [6.07, 6.45) is 0. The third-order valence-electron chi connectivity index (χ3n) is 28.3. The SMILES string of the molecule is c1ccc(N(c2ccc(-c3ccc4ccc5ccc6oc7ccccc7c6c5c4c3)cc2)c2ccc3oc4ccccc4c3c2)cc1.c1ccc(N(c2cccc(-c3ccc4ccc5ccc6oc7ccccc7c6c5c4c3)c2)c2ccc3c(c2)oc2ccccc23)cc1.c1ccc(N(c2cccc(-c3ccc4ccc5ccc6oc7ccccc7c6c5c4c3)c2)c2ccc3oc4ccccc4c3c2)cc1. The van der Waals surface area contributed by atoms with Crippen LogP contribution >= 0.6 is 0 Å². The van der Waals surface area contributed by atoms with Gasteiger partial charge in [0.1, 0.15) is 67.0 Å². The van der Waals surface area contributed by atoms with Gasteiger partial charge in [-0.25, -0.2) is 0 Å². The number of furan rings is 6. The zero-order valence-corrected chi connectivity index (χ0v) is 76.1. The molecule has 0 aliphatic carbocycles. The average Bonchev–Trinajstić information content (AvgIpc) is 1.62. The number of benzene rings is 24. The summed E-state index contributed by atoms with van der Waals surface area (Å²) in [5, 5.41) is 28.3. The summed E-state index contributed by atoms with van der Waals surface area (Å²) < 4.78 is 37.4. The molecule has 0 aliphatic heterocycles. The predicted octanol–water partition coefficient (Wildman–Crippen LogP) is 38.8. The number of nitrogens with zero attached hydrogens (tertiary/aromatic N) is 3. The van der Waals surface area contributed by atoms with Gasteiger partial charge in [-0.2, -0.15) is 0 Å². The van der Waals surface area contributed by atoms with E-state index in [4.69, 9.17) is 26.5 Å². The lowest BCUT2D eigenvalue weighted by molar-refractivity contribution is 0.668. The fourth-order valence-corrected chi connectivity index (χ4v) is 21.7. The molecule has 9 nitrogen and oxygen atoms in total. The number of anilines is 9. The maximum absolute atomic E-state index is 6.30. The Bertz CT molecular complexity index is 10200. The van der Waals surface area contributed by atoms with Crippen LogP contribution in [0.1, 0.15) is 0 Å². The minimum atomic E-state index is 0.875. The van der Waals surface area contributed by atoms with Gasteiger partial charge in [-0.15, -0.1) is 0 Å². The molecule has 6 heterocycles. The Morgan fingerprint density at radius 2 is 0.340 bits per heavy atom. The molecule has 0 unspecified atom stereocenters. The maximum atomic E-state index is 6.30. The van der Waals surface area contributed by atoms with E-state index in [9.17, 15) is 0 Å². The smallest absolute Gasteiger partial charge is 0.137 e. The minimum absolute atomic E-state index is 0.875. The molecule has 0 fully saturated rings. The van der Waals surface area contributed by atoms with E-state index < -0.39 is 0 Å². The summed E-state index contributed by atoms with van der Waals surface area (Å²) >= 11 is 0. The second kappa shape index (κ2) is 33.0. The molecule has 0 atom stereocenters. The van der Waals surface area contributed by atoms with E-state index in [0.717, 1.165) is 183 Å². The van der Waals surface area contributed by atoms with Gasteiger partial charge in [-0.05, 0) is 276 Å². The molecule has 24 aromatic carbocycles. The van der Waals surface area contributed by atoms with Crippen LogP contribution < -0.4 is 14.7 Å². The van der Waals surface area contributed by atoms with Gasteiger partial charge in [0.2, 0.25) is 0 Å². The van der Waals surface area contributed by atoms with Crippen LogP contribution in [0.5, 0.6) is 0 Å². The van der Waals surface area contributed by atoms with E-state index in [1.807, 2.05) is 66.7 Å². The lowest BCUT2D eigenvalue weighted by Crippen LogP contribution is -2.09. The maximum Gasteiger partial charge on any atom is 0.137 e. The van der Waals surface area contributed by atoms with Crippen molar-refractivity contribution in [3.05, 3.63) is 491 Å². The van der Waals surface area contributed by atoms with E-state index in [1.54, 1.807) is 0 Å².